The Labute approximate surface area is 74.6 Å². The smallest absolute Gasteiger partial charge is 0.189 e. The molecule has 0 aliphatic rings. The van der Waals surface area contributed by atoms with Crippen LogP contribution in [0.1, 0.15) is 0 Å². The van der Waals surface area contributed by atoms with Gasteiger partial charge in [0.25, 0.3) is 0 Å². The topological polar surface area (TPSA) is 72.3 Å². The predicted molar refractivity (Wildman–Crippen MR) is 48.0 cm³/mol. The van der Waals surface area contributed by atoms with Crippen LogP contribution in [0, 0.1) is 0 Å². The van der Waals surface area contributed by atoms with Gasteiger partial charge in [0.2, 0.25) is 0 Å². The van der Waals surface area contributed by atoms with Gasteiger partial charge in [-0.25, -0.2) is 0 Å². The van der Waals surface area contributed by atoms with Crippen molar-refractivity contribution in [1.82, 2.24) is 5.16 Å². The summed E-state index contributed by atoms with van der Waals surface area (Å²) in [5.41, 5.74) is 6.77. The monoisotopic (exact) mass is 176 g/mol. The van der Waals surface area contributed by atoms with Crippen LogP contribution in [0.4, 0.5) is 5.69 Å². The number of hydrogen-bond acceptors (Lipinski definition) is 4. The molecular formula is C9H8N2O2. The minimum absolute atomic E-state index is 0.174. The van der Waals surface area contributed by atoms with Crippen LogP contribution in [-0.2, 0) is 0 Å². The van der Waals surface area contributed by atoms with Gasteiger partial charge in [-0.1, -0.05) is 17.3 Å². The molecular weight excluding hydrogens is 168 g/mol. The Bertz CT molecular complexity index is 423. The molecule has 0 atom stereocenters. The van der Waals surface area contributed by atoms with E-state index in [1.165, 1.54) is 6.20 Å². The second kappa shape index (κ2) is 2.82. The summed E-state index contributed by atoms with van der Waals surface area (Å²) in [6, 6.07) is 6.65. The van der Waals surface area contributed by atoms with Gasteiger partial charge >= 0.3 is 0 Å². The average molecular weight is 176 g/mol. The summed E-state index contributed by atoms with van der Waals surface area (Å²) < 4.78 is 4.92. The molecule has 2 aromatic rings. The summed E-state index contributed by atoms with van der Waals surface area (Å²) in [5.74, 6) is 0.657. The van der Waals surface area contributed by atoms with Crippen LogP contribution >= 0.6 is 0 Å². The number of aromatic nitrogens is 1. The number of nitrogen functional groups attached to an aromatic ring is 1. The van der Waals surface area contributed by atoms with E-state index in [1.54, 1.807) is 24.3 Å². The van der Waals surface area contributed by atoms with E-state index in [0.29, 0.717) is 11.4 Å². The molecule has 3 N–H and O–H groups in total. The fraction of sp³-hybridized carbons (Fsp3) is 0. The first kappa shape index (κ1) is 7.67. The SMILES string of the molecule is Nc1cnoc1-c1cccc(O)c1. The van der Waals surface area contributed by atoms with Gasteiger partial charge in [-0.05, 0) is 12.1 Å². The van der Waals surface area contributed by atoms with Crippen molar-refractivity contribution in [2.45, 2.75) is 0 Å². The zero-order chi connectivity index (χ0) is 9.26. The number of rotatable bonds is 1. The van der Waals surface area contributed by atoms with E-state index < -0.39 is 0 Å². The number of anilines is 1. The molecule has 4 nitrogen and oxygen atoms in total. The van der Waals surface area contributed by atoms with E-state index in [0.717, 1.165) is 5.56 Å². The van der Waals surface area contributed by atoms with Crippen molar-refractivity contribution in [3.63, 3.8) is 0 Å². The summed E-state index contributed by atoms with van der Waals surface area (Å²) in [4.78, 5) is 0. The molecule has 0 aliphatic carbocycles. The third-order valence-corrected chi connectivity index (χ3v) is 1.71. The molecule has 1 aromatic carbocycles. The van der Waals surface area contributed by atoms with Crippen molar-refractivity contribution in [3.05, 3.63) is 30.5 Å². The molecule has 0 aliphatic heterocycles. The van der Waals surface area contributed by atoms with E-state index in [4.69, 9.17) is 10.3 Å². The lowest BCUT2D eigenvalue weighted by molar-refractivity contribution is 0.431. The highest BCUT2D eigenvalue weighted by molar-refractivity contribution is 5.70. The summed E-state index contributed by atoms with van der Waals surface area (Å²) in [7, 11) is 0. The van der Waals surface area contributed by atoms with Gasteiger partial charge in [0.1, 0.15) is 11.4 Å². The van der Waals surface area contributed by atoms with E-state index in [9.17, 15) is 5.11 Å². The van der Waals surface area contributed by atoms with Crippen molar-refractivity contribution < 1.29 is 9.63 Å². The Kier molecular flexibility index (Phi) is 1.66. The fourth-order valence-corrected chi connectivity index (χ4v) is 1.11. The molecule has 0 radical (unpaired) electrons. The molecule has 0 bridgehead atoms. The number of aromatic hydroxyl groups is 1. The van der Waals surface area contributed by atoms with Gasteiger partial charge in [-0.15, -0.1) is 0 Å². The summed E-state index contributed by atoms with van der Waals surface area (Å²) in [6.45, 7) is 0. The highest BCUT2D eigenvalue weighted by Crippen LogP contribution is 2.27. The van der Waals surface area contributed by atoms with Gasteiger partial charge in [-0.2, -0.15) is 0 Å². The third-order valence-electron chi connectivity index (χ3n) is 1.71. The average Bonchev–Trinajstić information content (AvgIpc) is 2.51. The zero-order valence-corrected chi connectivity index (χ0v) is 6.77. The van der Waals surface area contributed by atoms with Crippen LogP contribution in [0.3, 0.4) is 0 Å². The molecule has 0 unspecified atom stereocenters. The number of benzene rings is 1. The first-order chi connectivity index (χ1) is 6.27. The standard InChI is InChI=1S/C9H8N2O2/c10-8-5-11-13-9(8)6-2-1-3-7(12)4-6/h1-5,12H,10H2. The lowest BCUT2D eigenvalue weighted by Gasteiger charge is -1.97. The Morgan fingerprint density at radius 3 is 2.85 bits per heavy atom. The van der Waals surface area contributed by atoms with Gasteiger partial charge in [0, 0.05) is 5.56 Å². The third kappa shape index (κ3) is 1.33. The lowest BCUT2D eigenvalue weighted by Crippen LogP contribution is -1.83. The number of phenolic OH excluding ortho intramolecular Hbond substituents is 1. The molecule has 1 aromatic heterocycles. The predicted octanol–water partition coefficient (Wildman–Crippen LogP) is 1.63. The molecule has 0 amide bonds. The summed E-state index contributed by atoms with van der Waals surface area (Å²) >= 11 is 0. The van der Waals surface area contributed by atoms with Crippen molar-refractivity contribution in [3.8, 4) is 17.1 Å². The molecule has 0 saturated heterocycles. The second-order valence-electron chi connectivity index (χ2n) is 2.66. The van der Waals surface area contributed by atoms with Gasteiger partial charge in [0.15, 0.2) is 5.76 Å². The van der Waals surface area contributed by atoms with Crippen LogP contribution in [-0.4, -0.2) is 10.3 Å². The van der Waals surface area contributed by atoms with Crippen LogP contribution in [0.2, 0.25) is 0 Å². The first-order valence-electron chi connectivity index (χ1n) is 3.77. The maximum atomic E-state index is 9.20. The molecule has 2 rings (SSSR count). The minimum atomic E-state index is 0.174. The van der Waals surface area contributed by atoms with E-state index in [1.807, 2.05) is 0 Å². The highest BCUT2D eigenvalue weighted by atomic mass is 16.5. The number of hydrogen-bond donors (Lipinski definition) is 2. The summed E-state index contributed by atoms with van der Waals surface area (Å²) in [5, 5.41) is 12.7. The number of nitrogens with zero attached hydrogens (tertiary/aromatic N) is 1. The van der Waals surface area contributed by atoms with E-state index in [-0.39, 0.29) is 5.75 Å². The molecule has 0 fully saturated rings. The normalized spacial score (nSPS) is 10.2. The highest BCUT2D eigenvalue weighted by Gasteiger charge is 2.07. The van der Waals surface area contributed by atoms with Crippen LogP contribution < -0.4 is 5.73 Å². The van der Waals surface area contributed by atoms with Crippen molar-refractivity contribution in [2.24, 2.45) is 0 Å². The molecule has 1 heterocycles. The molecule has 13 heavy (non-hydrogen) atoms. The largest absolute Gasteiger partial charge is 0.508 e. The molecule has 66 valence electrons. The summed E-state index contributed by atoms with van der Waals surface area (Å²) in [6.07, 6.45) is 1.43. The van der Waals surface area contributed by atoms with Crippen molar-refractivity contribution >= 4 is 5.69 Å². The quantitative estimate of drug-likeness (QED) is 0.692. The first-order valence-corrected chi connectivity index (χ1v) is 3.77. The van der Waals surface area contributed by atoms with Crippen LogP contribution in [0.5, 0.6) is 5.75 Å². The fourth-order valence-electron chi connectivity index (χ4n) is 1.11. The maximum Gasteiger partial charge on any atom is 0.189 e. The van der Waals surface area contributed by atoms with E-state index >= 15 is 0 Å². The maximum absolute atomic E-state index is 9.20. The Hall–Kier alpha value is -1.97. The van der Waals surface area contributed by atoms with E-state index in [2.05, 4.69) is 5.16 Å². The second-order valence-corrected chi connectivity index (χ2v) is 2.66. The van der Waals surface area contributed by atoms with Crippen molar-refractivity contribution in [1.29, 1.82) is 0 Å². The molecule has 4 heteroatoms. The number of nitrogens with two attached hydrogens (primary N) is 1. The molecule has 0 spiro atoms. The van der Waals surface area contributed by atoms with Gasteiger partial charge in [0.05, 0.1) is 6.20 Å². The van der Waals surface area contributed by atoms with Crippen LogP contribution in [0.25, 0.3) is 11.3 Å². The Morgan fingerprint density at radius 1 is 1.38 bits per heavy atom. The zero-order valence-electron chi connectivity index (χ0n) is 6.77. The Balaban J connectivity index is 2.53. The Morgan fingerprint density at radius 2 is 2.23 bits per heavy atom. The van der Waals surface area contributed by atoms with Gasteiger partial charge in [-0.3, -0.25) is 0 Å². The lowest BCUT2D eigenvalue weighted by atomic mass is 10.1. The van der Waals surface area contributed by atoms with Crippen molar-refractivity contribution in [2.75, 3.05) is 5.73 Å². The van der Waals surface area contributed by atoms with Gasteiger partial charge < -0.3 is 15.4 Å². The molecule has 0 saturated carbocycles. The number of phenols is 1. The van der Waals surface area contributed by atoms with Crippen LogP contribution in [0.15, 0.2) is 35.0 Å². The minimum Gasteiger partial charge on any atom is -0.508 e.